The monoisotopic (exact) mass is 753 g/mol. The Morgan fingerprint density at radius 3 is 1.85 bits per heavy atom. The molecule has 0 atom stereocenters. The lowest BCUT2D eigenvalue weighted by Gasteiger charge is -2.19. The normalized spacial score (nSPS) is 13.5. The van der Waals surface area contributed by atoms with E-state index in [-0.39, 0.29) is 0 Å². The average molecular weight is 754 g/mol. The summed E-state index contributed by atoms with van der Waals surface area (Å²) in [6, 6.07) is 58.1. The second-order valence-electron chi connectivity index (χ2n) is 16.0. The van der Waals surface area contributed by atoms with Gasteiger partial charge in [0, 0.05) is 39.9 Å². The van der Waals surface area contributed by atoms with Gasteiger partial charge in [-0.25, -0.2) is 0 Å². The van der Waals surface area contributed by atoms with Crippen LogP contribution in [0.1, 0.15) is 40.8 Å². The fourth-order valence-electron chi connectivity index (χ4n) is 9.76. The first-order valence-corrected chi connectivity index (χ1v) is 20.7. The molecule has 3 heteroatoms. The SMILES string of the molecule is C1=Cc2c(c3cc(C4=Cc5ccc(-c6cccc(-c7cccc(-c8ccc9c%10ccccc%10c%10nccnc%10c9c8)c7)c6)cc5CC4)ccc3n2-c2ccccc2)CC1. The van der Waals surface area contributed by atoms with Crippen molar-refractivity contribution in [3.05, 3.63) is 204 Å². The molecule has 0 fully saturated rings. The molecule has 0 saturated heterocycles. The average Bonchev–Trinajstić information content (AvgIpc) is 3.65. The Labute approximate surface area is 343 Å². The molecule has 0 unspecified atom stereocenters. The zero-order chi connectivity index (χ0) is 38.9. The topological polar surface area (TPSA) is 30.7 Å². The van der Waals surface area contributed by atoms with Crippen molar-refractivity contribution in [2.24, 2.45) is 0 Å². The van der Waals surface area contributed by atoms with Crippen molar-refractivity contribution in [1.29, 1.82) is 0 Å². The fourth-order valence-corrected chi connectivity index (χ4v) is 9.76. The van der Waals surface area contributed by atoms with Crippen molar-refractivity contribution in [2.45, 2.75) is 25.7 Å². The highest BCUT2D eigenvalue weighted by molar-refractivity contribution is 6.23. The molecule has 0 amide bonds. The maximum Gasteiger partial charge on any atom is 0.0971 e. The van der Waals surface area contributed by atoms with Gasteiger partial charge in [0.1, 0.15) is 0 Å². The lowest BCUT2D eigenvalue weighted by molar-refractivity contribution is 0.967. The summed E-state index contributed by atoms with van der Waals surface area (Å²) in [5, 5.41) is 6.05. The minimum Gasteiger partial charge on any atom is -0.310 e. The number of hydrogen-bond donors (Lipinski definition) is 0. The van der Waals surface area contributed by atoms with Crippen LogP contribution in [-0.2, 0) is 12.8 Å². The van der Waals surface area contributed by atoms with E-state index < -0.39 is 0 Å². The highest BCUT2D eigenvalue weighted by Crippen LogP contribution is 2.40. The molecule has 2 aliphatic carbocycles. The van der Waals surface area contributed by atoms with E-state index in [2.05, 4.69) is 181 Å². The van der Waals surface area contributed by atoms with Crippen LogP contribution in [0.25, 0.3) is 100 Å². The van der Waals surface area contributed by atoms with E-state index in [1.807, 2.05) is 0 Å². The van der Waals surface area contributed by atoms with Gasteiger partial charge >= 0.3 is 0 Å². The van der Waals surface area contributed by atoms with Gasteiger partial charge in [-0.05, 0) is 146 Å². The van der Waals surface area contributed by atoms with Crippen LogP contribution < -0.4 is 0 Å². The number of hydrogen-bond acceptors (Lipinski definition) is 2. The predicted octanol–water partition coefficient (Wildman–Crippen LogP) is 14.3. The Morgan fingerprint density at radius 2 is 1.07 bits per heavy atom. The molecule has 59 heavy (non-hydrogen) atoms. The number of aryl methyl sites for hydroxylation is 2. The molecule has 0 radical (unpaired) electrons. The van der Waals surface area contributed by atoms with Crippen molar-refractivity contribution < 1.29 is 0 Å². The van der Waals surface area contributed by atoms with E-state index >= 15 is 0 Å². The summed E-state index contributed by atoms with van der Waals surface area (Å²) in [7, 11) is 0. The van der Waals surface area contributed by atoms with Crippen LogP contribution in [0.3, 0.4) is 0 Å². The number of para-hydroxylation sites is 1. The lowest BCUT2D eigenvalue weighted by atomic mass is 9.86. The molecule has 8 aromatic carbocycles. The summed E-state index contributed by atoms with van der Waals surface area (Å²) in [4.78, 5) is 9.56. The second kappa shape index (κ2) is 13.6. The first-order chi connectivity index (χ1) is 29.2. The van der Waals surface area contributed by atoms with E-state index in [1.54, 1.807) is 12.4 Å². The van der Waals surface area contributed by atoms with Gasteiger partial charge in [-0.3, -0.25) is 9.97 Å². The van der Waals surface area contributed by atoms with Gasteiger partial charge in [-0.2, -0.15) is 0 Å². The molecular formula is C56H39N3. The molecule has 0 saturated carbocycles. The van der Waals surface area contributed by atoms with E-state index in [4.69, 9.17) is 9.97 Å². The number of aromatic nitrogens is 3. The molecule has 2 aliphatic rings. The molecule has 2 heterocycles. The van der Waals surface area contributed by atoms with Crippen LogP contribution in [0.2, 0.25) is 0 Å². The van der Waals surface area contributed by atoms with E-state index in [0.29, 0.717) is 0 Å². The Hall–Kier alpha value is -7.36. The molecule has 12 rings (SSSR count). The zero-order valence-electron chi connectivity index (χ0n) is 32.6. The third kappa shape index (κ3) is 5.65. The molecule has 0 N–H and O–H groups in total. The van der Waals surface area contributed by atoms with Crippen LogP contribution >= 0.6 is 0 Å². The molecule has 0 spiro atoms. The standard InChI is InChI=1S/C56H39N3/c1-2-14-46(15-3-1)59-53-19-7-6-17-49(53)51-34-45(25-27-54(51)59)43-23-22-41-32-40(20-21-42(41)33-43)38-12-8-10-36(30-38)37-11-9-13-39(31-37)44-24-26-48-47-16-4-5-18-50(47)55-56(52(48)35-44)58-29-28-57-55/h1-5,7-16,18-21,24-35H,6,17,22-23H2. The predicted molar refractivity (Wildman–Crippen MR) is 248 cm³/mol. The van der Waals surface area contributed by atoms with Crippen LogP contribution in [0.5, 0.6) is 0 Å². The quantitative estimate of drug-likeness (QED) is 0.164. The first kappa shape index (κ1) is 33.7. The minimum atomic E-state index is 0.941. The van der Waals surface area contributed by atoms with Crippen molar-refractivity contribution in [2.75, 3.05) is 0 Å². The largest absolute Gasteiger partial charge is 0.310 e. The van der Waals surface area contributed by atoms with Gasteiger partial charge in [0.2, 0.25) is 0 Å². The van der Waals surface area contributed by atoms with Crippen molar-refractivity contribution in [3.8, 4) is 39.1 Å². The summed E-state index contributed by atoms with van der Waals surface area (Å²) in [6.07, 6.45) is 14.9. The van der Waals surface area contributed by atoms with Crippen molar-refractivity contribution >= 4 is 61.2 Å². The van der Waals surface area contributed by atoms with Crippen molar-refractivity contribution in [1.82, 2.24) is 14.5 Å². The number of fused-ring (bicyclic) bond motifs is 10. The van der Waals surface area contributed by atoms with E-state index in [1.165, 1.54) is 94.3 Å². The van der Waals surface area contributed by atoms with Gasteiger partial charge in [-0.15, -0.1) is 0 Å². The van der Waals surface area contributed by atoms with Gasteiger partial charge in [-0.1, -0.05) is 127 Å². The maximum absolute atomic E-state index is 4.81. The van der Waals surface area contributed by atoms with E-state index in [0.717, 1.165) is 47.5 Å². The van der Waals surface area contributed by atoms with Crippen LogP contribution in [-0.4, -0.2) is 14.5 Å². The van der Waals surface area contributed by atoms with E-state index in [9.17, 15) is 0 Å². The zero-order valence-corrected chi connectivity index (χ0v) is 32.6. The summed E-state index contributed by atoms with van der Waals surface area (Å²) in [5.74, 6) is 0. The summed E-state index contributed by atoms with van der Waals surface area (Å²) < 4.78 is 2.44. The number of rotatable bonds is 5. The molecular weight excluding hydrogens is 715 g/mol. The van der Waals surface area contributed by atoms with Gasteiger partial charge in [0.25, 0.3) is 0 Å². The van der Waals surface area contributed by atoms with Crippen LogP contribution in [0.4, 0.5) is 0 Å². The summed E-state index contributed by atoms with van der Waals surface area (Å²) in [5.41, 5.74) is 19.9. The first-order valence-electron chi connectivity index (χ1n) is 20.7. The molecule has 278 valence electrons. The molecule has 0 aliphatic heterocycles. The molecule has 0 bridgehead atoms. The maximum atomic E-state index is 4.81. The Balaban J connectivity index is 0.854. The minimum absolute atomic E-state index is 0.941. The summed E-state index contributed by atoms with van der Waals surface area (Å²) in [6.45, 7) is 0. The van der Waals surface area contributed by atoms with Crippen LogP contribution in [0, 0.1) is 0 Å². The molecule has 10 aromatic rings. The van der Waals surface area contributed by atoms with Crippen molar-refractivity contribution in [3.63, 3.8) is 0 Å². The third-order valence-electron chi connectivity index (χ3n) is 12.6. The Bertz CT molecular complexity index is 3350. The lowest BCUT2D eigenvalue weighted by Crippen LogP contribution is -2.00. The third-order valence-corrected chi connectivity index (χ3v) is 12.6. The Morgan fingerprint density at radius 1 is 0.441 bits per heavy atom. The highest BCUT2D eigenvalue weighted by atomic mass is 15.0. The van der Waals surface area contributed by atoms with Gasteiger partial charge in [0.15, 0.2) is 0 Å². The summed E-state index contributed by atoms with van der Waals surface area (Å²) >= 11 is 0. The number of benzene rings is 8. The van der Waals surface area contributed by atoms with Gasteiger partial charge in [0.05, 0.1) is 16.6 Å². The fraction of sp³-hybridized carbons (Fsp3) is 0.0714. The Kier molecular flexibility index (Phi) is 7.80. The number of allylic oxidation sites excluding steroid dienone is 2. The number of nitrogens with zero attached hydrogens (tertiary/aromatic N) is 3. The highest BCUT2D eigenvalue weighted by Gasteiger charge is 2.21. The van der Waals surface area contributed by atoms with Gasteiger partial charge < -0.3 is 4.57 Å². The molecule has 3 nitrogen and oxygen atoms in total. The molecule has 2 aromatic heterocycles. The van der Waals surface area contributed by atoms with Crippen LogP contribution in [0.15, 0.2) is 176 Å². The smallest absolute Gasteiger partial charge is 0.0971 e. The second-order valence-corrected chi connectivity index (χ2v) is 16.0.